The average Bonchev–Trinajstić information content (AvgIpc) is 3.36. The summed E-state index contributed by atoms with van der Waals surface area (Å²) in [6.07, 6.45) is 2.99. The van der Waals surface area contributed by atoms with Gasteiger partial charge >= 0.3 is 0 Å². The van der Waals surface area contributed by atoms with Gasteiger partial charge in [0.25, 0.3) is 11.8 Å². The highest BCUT2D eigenvalue weighted by Crippen LogP contribution is 2.27. The maximum absolute atomic E-state index is 12.8. The first-order valence-corrected chi connectivity index (χ1v) is 11.4. The Labute approximate surface area is 197 Å². The lowest BCUT2D eigenvalue weighted by Gasteiger charge is -2.12. The van der Waals surface area contributed by atoms with Gasteiger partial charge in [-0.3, -0.25) is 9.59 Å². The maximum Gasteiger partial charge on any atom is 0.267 e. The molecule has 0 aliphatic carbocycles. The molecule has 0 saturated carbocycles. The molecule has 7 nitrogen and oxygen atoms in total. The highest BCUT2D eigenvalue weighted by molar-refractivity contribution is 7.98. The van der Waals surface area contributed by atoms with Crippen molar-refractivity contribution in [3.05, 3.63) is 89.5 Å². The molecule has 2 amide bonds. The Morgan fingerprint density at radius 1 is 1.00 bits per heavy atom. The summed E-state index contributed by atoms with van der Waals surface area (Å²) in [5.41, 5.74) is 1.64. The molecule has 3 rings (SSSR count). The minimum Gasteiger partial charge on any atom is -0.493 e. The number of ether oxygens (including phenoxy) is 2. The van der Waals surface area contributed by atoms with Gasteiger partial charge in [-0.1, -0.05) is 30.3 Å². The smallest absolute Gasteiger partial charge is 0.267 e. The van der Waals surface area contributed by atoms with Crippen LogP contribution in [0.4, 0.5) is 0 Å². The Morgan fingerprint density at radius 2 is 1.79 bits per heavy atom. The average molecular weight is 467 g/mol. The number of nitrogens with one attached hydrogen (secondary N) is 2. The standard InChI is InChI=1S/C25H26N2O5S/c1-30-22-11-10-19(15-23(22)31-2)24(28)27-21(16-20-9-6-13-32-20)25(29)26-12-14-33-17-18-7-4-3-5-8-18/h3-11,13,15-16H,12,14,17H2,1-2H3,(H,26,29)(H,27,28)/b21-16-. The lowest BCUT2D eigenvalue weighted by molar-refractivity contribution is -0.117. The van der Waals surface area contributed by atoms with Gasteiger partial charge in [-0.15, -0.1) is 0 Å². The normalized spacial score (nSPS) is 11.0. The highest BCUT2D eigenvalue weighted by atomic mass is 32.2. The molecule has 0 bridgehead atoms. The van der Waals surface area contributed by atoms with Crippen molar-refractivity contribution in [2.75, 3.05) is 26.5 Å². The van der Waals surface area contributed by atoms with Crippen molar-refractivity contribution in [3.63, 3.8) is 0 Å². The van der Waals surface area contributed by atoms with Crippen LogP contribution in [0.5, 0.6) is 11.5 Å². The summed E-state index contributed by atoms with van der Waals surface area (Å²) < 4.78 is 15.8. The maximum atomic E-state index is 12.8. The van der Waals surface area contributed by atoms with E-state index in [9.17, 15) is 9.59 Å². The summed E-state index contributed by atoms with van der Waals surface area (Å²) >= 11 is 1.72. The molecule has 2 aromatic carbocycles. The number of methoxy groups -OCH3 is 2. The third-order valence-corrected chi connectivity index (χ3v) is 5.64. The molecule has 0 fully saturated rings. The number of hydrogen-bond acceptors (Lipinski definition) is 6. The lowest BCUT2D eigenvalue weighted by Crippen LogP contribution is -2.35. The zero-order valence-corrected chi connectivity index (χ0v) is 19.3. The van der Waals surface area contributed by atoms with E-state index in [2.05, 4.69) is 22.8 Å². The second kappa shape index (κ2) is 12.4. The van der Waals surface area contributed by atoms with Gasteiger partial charge in [0.05, 0.1) is 20.5 Å². The third kappa shape index (κ3) is 7.18. The van der Waals surface area contributed by atoms with E-state index >= 15 is 0 Å². The van der Waals surface area contributed by atoms with Crippen molar-refractivity contribution >= 4 is 29.7 Å². The van der Waals surface area contributed by atoms with Gasteiger partial charge in [-0.05, 0) is 35.9 Å². The second-order valence-corrected chi connectivity index (χ2v) is 8.00. The van der Waals surface area contributed by atoms with Crippen LogP contribution in [-0.4, -0.2) is 38.3 Å². The molecule has 3 aromatic rings. The Kier molecular flexibility index (Phi) is 9.02. The predicted molar refractivity (Wildman–Crippen MR) is 129 cm³/mol. The van der Waals surface area contributed by atoms with E-state index in [-0.39, 0.29) is 5.70 Å². The van der Waals surface area contributed by atoms with Crippen molar-refractivity contribution in [1.29, 1.82) is 0 Å². The van der Waals surface area contributed by atoms with E-state index in [0.29, 0.717) is 29.4 Å². The van der Waals surface area contributed by atoms with Crippen LogP contribution >= 0.6 is 11.8 Å². The highest BCUT2D eigenvalue weighted by Gasteiger charge is 2.17. The van der Waals surface area contributed by atoms with E-state index in [1.807, 2.05) is 18.2 Å². The van der Waals surface area contributed by atoms with Crippen LogP contribution in [0.1, 0.15) is 21.7 Å². The monoisotopic (exact) mass is 466 g/mol. The molecular formula is C25H26N2O5S. The summed E-state index contributed by atoms with van der Waals surface area (Å²) in [5.74, 6) is 2.11. The van der Waals surface area contributed by atoms with Crippen molar-refractivity contribution in [3.8, 4) is 11.5 Å². The molecule has 2 N–H and O–H groups in total. The largest absolute Gasteiger partial charge is 0.493 e. The number of carbonyl (C=O) groups excluding carboxylic acids is 2. The number of amides is 2. The quantitative estimate of drug-likeness (QED) is 0.326. The van der Waals surface area contributed by atoms with E-state index in [0.717, 1.165) is 11.5 Å². The molecular weight excluding hydrogens is 440 g/mol. The van der Waals surface area contributed by atoms with E-state index < -0.39 is 11.8 Å². The van der Waals surface area contributed by atoms with Crippen molar-refractivity contribution in [2.24, 2.45) is 0 Å². The van der Waals surface area contributed by atoms with Crippen molar-refractivity contribution in [2.45, 2.75) is 5.75 Å². The summed E-state index contributed by atoms with van der Waals surface area (Å²) in [6, 6.07) is 18.3. The molecule has 0 spiro atoms. The van der Waals surface area contributed by atoms with Crippen LogP contribution in [0.25, 0.3) is 6.08 Å². The number of carbonyl (C=O) groups is 2. The van der Waals surface area contributed by atoms with Crippen LogP contribution in [0.15, 0.2) is 77.0 Å². The molecule has 0 saturated heterocycles. The van der Waals surface area contributed by atoms with Crippen molar-refractivity contribution < 1.29 is 23.5 Å². The van der Waals surface area contributed by atoms with Crippen LogP contribution in [0, 0.1) is 0 Å². The van der Waals surface area contributed by atoms with Gasteiger partial charge in [0.2, 0.25) is 0 Å². The van der Waals surface area contributed by atoms with Gasteiger partial charge in [-0.2, -0.15) is 11.8 Å². The van der Waals surface area contributed by atoms with Crippen LogP contribution < -0.4 is 20.1 Å². The van der Waals surface area contributed by atoms with Gasteiger partial charge < -0.3 is 24.5 Å². The topological polar surface area (TPSA) is 89.8 Å². The zero-order chi connectivity index (χ0) is 23.5. The molecule has 8 heteroatoms. The Hall–Kier alpha value is -3.65. The molecule has 1 aromatic heterocycles. The molecule has 33 heavy (non-hydrogen) atoms. The lowest BCUT2D eigenvalue weighted by atomic mass is 10.1. The zero-order valence-electron chi connectivity index (χ0n) is 18.5. The fourth-order valence-electron chi connectivity index (χ4n) is 2.94. The van der Waals surface area contributed by atoms with E-state index in [1.165, 1.54) is 32.1 Å². The number of hydrogen-bond donors (Lipinski definition) is 2. The number of furan rings is 1. The summed E-state index contributed by atoms with van der Waals surface area (Å²) in [5, 5.41) is 5.52. The minimum absolute atomic E-state index is 0.0813. The number of thioether (sulfide) groups is 1. The molecule has 0 aliphatic heterocycles. The summed E-state index contributed by atoms with van der Waals surface area (Å²) in [7, 11) is 3.01. The fraction of sp³-hybridized carbons (Fsp3) is 0.200. The van der Waals surface area contributed by atoms with Crippen molar-refractivity contribution in [1.82, 2.24) is 10.6 Å². The fourth-order valence-corrected chi connectivity index (χ4v) is 3.76. The Balaban J connectivity index is 1.62. The Morgan fingerprint density at radius 3 is 2.48 bits per heavy atom. The third-order valence-electron chi connectivity index (χ3n) is 4.61. The van der Waals surface area contributed by atoms with Gasteiger partial charge in [-0.25, -0.2) is 0 Å². The summed E-state index contributed by atoms with van der Waals surface area (Å²) in [6.45, 7) is 0.456. The van der Waals surface area contributed by atoms with Crippen LogP contribution in [-0.2, 0) is 10.5 Å². The molecule has 0 radical (unpaired) electrons. The molecule has 0 unspecified atom stereocenters. The van der Waals surface area contributed by atoms with E-state index in [1.54, 1.807) is 42.1 Å². The van der Waals surface area contributed by atoms with Gasteiger partial charge in [0.15, 0.2) is 11.5 Å². The Bertz CT molecular complexity index is 1080. The first-order valence-electron chi connectivity index (χ1n) is 10.3. The van der Waals surface area contributed by atoms with E-state index in [4.69, 9.17) is 13.9 Å². The molecule has 1 heterocycles. The molecule has 0 aliphatic rings. The summed E-state index contributed by atoms with van der Waals surface area (Å²) in [4.78, 5) is 25.6. The first kappa shape index (κ1) is 24.0. The van der Waals surface area contributed by atoms with Gasteiger partial charge in [0.1, 0.15) is 11.5 Å². The van der Waals surface area contributed by atoms with Gasteiger partial charge in [0, 0.05) is 29.7 Å². The van der Waals surface area contributed by atoms with Crippen LogP contribution in [0.2, 0.25) is 0 Å². The van der Waals surface area contributed by atoms with Crippen LogP contribution in [0.3, 0.4) is 0 Å². The molecule has 0 atom stereocenters. The predicted octanol–water partition coefficient (Wildman–Crippen LogP) is 4.12. The number of benzene rings is 2. The second-order valence-electron chi connectivity index (χ2n) is 6.89. The first-order chi connectivity index (χ1) is 16.1. The minimum atomic E-state index is -0.456. The SMILES string of the molecule is COc1ccc(C(=O)N/C(=C\c2ccco2)C(=O)NCCSCc2ccccc2)cc1OC. The number of rotatable bonds is 11. The molecule has 172 valence electrons.